The summed E-state index contributed by atoms with van der Waals surface area (Å²) in [5.41, 5.74) is 4.46. The van der Waals surface area contributed by atoms with Gasteiger partial charge in [0.05, 0.1) is 5.57 Å². The number of carbonyl (C=O) groups is 2. The van der Waals surface area contributed by atoms with Crippen molar-refractivity contribution >= 4 is 12.1 Å². The summed E-state index contributed by atoms with van der Waals surface area (Å²) in [6, 6.07) is 0. The van der Waals surface area contributed by atoms with E-state index in [1.807, 2.05) is 0 Å². The first-order valence-corrected chi connectivity index (χ1v) is 2.40. The molecule has 0 heterocycles. The predicted molar refractivity (Wildman–Crippen MR) is 32.1 cm³/mol. The van der Waals surface area contributed by atoms with Crippen molar-refractivity contribution in [1.29, 1.82) is 0 Å². The number of hydrogen-bond donors (Lipinski definition) is 2. The second kappa shape index (κ2) is 3.49. The molecule has 0 aliphatic heterocycles. The molecule has 1 amide bonds. The molecular formula is C5H7NO4. The van der Waals surface area contributed by atoms with Crippen LogP contribution < -0.4 is 5.73 Å². The van der Waals surface area contributed by atoms with E-state index in [-0.39, 0.29) is 5.57 Å². The van der Waals surface area contributed by atoms with Gasteiger partial charge in [-0.15, -0.1) is 0 Å². The van der Waals surface area contributed by atoms with Crippen LogP contribution in [0.3, 0.4) is 0 Å². The Balaban J connectivity index is 3.92. The van der Waals surface area contributed by atoms with Gasteiger partial charge in [0.1, 0.15) is 6.26 Å². The van der Waals surface area contributed by atoms with Crippen LogP contribution in [-0.2, 0) is 9.53 Å². The second-order valence-electron chi connectivity index (χ2n) is 1.54. The fourth-order valence-corrected chi connectivity index (χ4v) is 0.197. The molecule has 0 saturated heterocycles. The van der Waals surface area contributed by atoms with E-state index in [9.17, 15) is 9.59 Å². The Labute approximate surface area is 57.1 Å². The summed E-state index contributed by atoms with van der Waals surface area (Å²) in [6.07, 6.45) is -0.245. The fraction of sp³-hybridized carbons (Fsp3) is 0.200. The molecule has 10 heavy (non-hydrogen) atoms. The lowest BCUT2D eigenvalue weighted by Crippen LogP contribution is -2.10. The molecule has 0 aliphatic carbocycles. The Bertz CT molecular complexity index is 184. The lowest BCUT2D eigenvalue weighted by Gasteiger charge is -1.92. The molecule has 0 spiro atoms. The van der Waals surface area contributed by atoms with Crippen LogP contribution in [-0.4, -0.2) is 17.2 Å². The molecular weight excluding hydrogens is 138 g/mol. The number of rotatable bonds is 2. The molecule has 3 N–H and O–H groups in total. The number of carbonyl (C=O) groups excluding carboxylic acids is 1. The summed E-state index contributed by atoms with van der Waals surface area (Å²) in [7, 11) is 0. The van der Waals surface area contributed by atoms with Crippen molar-refractivity contribution in [2.24, 2.45) is 5.73 Å². The van der Waals surface area contributed by atoms with Gasteiger partial charge in [0.2, 0.25) is 0 Å². The standard InChI is InChI=1S/C5H7NO4/c1-3(4(7)8)2-10-5(6)9/h2H,1H3,(H2,6,9)(H,7,8). The van der Waals surface area contributed by atoms with E-state index in [1.165, 1.54) is 6.92 Å². The average Bonchev–Trinajstić information content (AvgIpc) is 1.82. The predicted octanol–water partition coefficient (Wildman–Crippen LogP) is 0.0701. The molecule has 0 rings (SSSR count). The third-order valence-electron chi connectivity index (χ3n) is 0.689. The zero-order valence-electron chi connectivity index (χ0n) is 5.33. The first kappa shape index (κ1) is 8.48. The van der Waals surface area contributed by atoms with E-state index in [0.717, 1.165) is 6.26 Å². The molecule has 0 unspecified atom stereocenters. The number of primary amides is 1. The molecule has 0 aromatic rings. The first-order chi connectivity index (χ1) is 4.54. The average molecular weight is 145 g/mol. The van der Waals surface area contributed by atoms with Gasteiger partial charge in [0.15, 0.2) is 0 Å². The van der Waals surface area contributed by atoms with Crippen molar-refractivity contribution in [2.45, 2.75) is 6.92 Å². The molecule has 0 fully saturated rings. The molecule has 0 atom stereocenters. The highest BCUT2D eigenvalue weighted by molar-refractivity contribution is 5.85. The second-order valence-corrected chi connectivity index (χ2v) is 1.54. The van der Waals surface area contributed by atoms with Crippen molar-refractivity contribution in [2.75, 3.05) is 0 Å². The number of aliphatic carboxylic acids is 1. The number of hydrogen-bond acceptors (Lipinski definition) is 3. The van der Waals surface area contributed by atoms with Crippen LogP contribution in [0.5, 0.6) is 0 Å². The molecule has 0 radical (unpaired) electrons. The summed E-state index contributed by atoms with van der Waals surface area (Å²) in [4.78, 5) is 19.9. The van der Waals surface area contributed by atoms with Gasteiger partial charge >= 0.3 is 12.1 Å². The molecule has 0 bridgehead atoms. The lowest BCUT2D eigenvalue weighted by atomic mass is 10.4. The summed E-state index contributed by atoms with van der Waals surface area (Å²) in [6.45, 7) is 1.28. The zero-order chi connectivity index (χ0) is 8.15. The number of amides is 1. The van der Waals surface area contributed by atoms with Gasteiger partial charge in [0, 0.05) is 0 Å². The van der Waals surface area contributed by atoms with Crippen LogP contribution >= 0.6 is 0 Å². The highest BCUT2D eigenvalue weighted by Gasteiger charge is 1.99. The van der Waals surface area contributed by atoms with E-state index >= 15 is 0 Å². The van der Waals surface area contributed by atoms with Crippen LogP contribution in [0.15, 0.2) is 11.8 Å². The third kappa shape index (κ3) is 3.48. The molecule has 0 aliphatic rings. The van der Waals surface area contributed by atoms with Gasteiger partial charge < -0.3 is 15.6 Å². The Hall–Kier alpha value is -1.52. The molecule has 5 nitrogen and oxygen atoms in total. The minimum Gasteiger partial charge on any atom is -0.478 e. The Morgan fingerprint density at radius 1 is 1.60 bits per heavy atom. The summed E-state index contributed by atoms with van der Waals surface area (Å²) < 4.78 is 4.06. The maximum Gasteiger partial charge on any atom is 0.409 e. The van der Waals surface area contributed by atoms with Gasteiger partial charge in [-0.05, 0) is 6.92 Å². The van der Waals surface area contributed by atoms with Crippen molar-refractivity contribution in [3.05, 3.63) is 11.8 Å². The number of ether oxygens (including phenoxy) is 1. The summed E-state index contributed by atoms with van der Waals surface area (Å²) >= 11 is 0. The summed E-state index contributed by atoms with van der Waals surface area (Å²) in [5.74, 6) is -1.15. The normalized spacial score (nSPS) is 10.7. The fourth-order valence-electron chi connectivity index (χ4n) is 0.197. The third-order valence-corrected chi connectivity index (χ3v) is 0.689. The van der Waals surface area contributed by atoms with Gasteiger partial charge in [-0.3, -0.25) is 0 Å². The van der Waals surface area contributed by atoms with Crippen molar-refractivity contribution < 1.29 is 19.4 Å². The van der Waals surface area contributed by atoms with Gasteiger partial charge in [-0.2, -0.15) is 0 Å². The molecule has 56 valence electrons. The molecule has 0 aromatic carbocycles. The monoisotopic (exact) mass is 145 g/mol. The van der Waals surface area contributed by atoms with Crippen molar-refractivity contribution in [1.82, 2.24) is 0 Å². The number of nitrogens with two attached hydrogens (primary N) is 1. The maximum atomic E-state index is 10.0. The van der Waals surface area contributed by atoms with Crippen LogP contribution in [0.2, 0.25) is 0 Å². The zero-order valence-corrected chi connectivity index (χ0v) is 5.33. The topological polar surface area (TPSA) is 89.6 Å². The van der Waals surface area contributed by atoms with Crippen molar-refractivity contribution in [3.63, 3.8) is 0 Å². The van der Waals surface area contributed by atoms with E-state index in [4.69, 9.17) is 5.11 Å². The lowest BCUT2D eigenvalue weighted by molar-refractivity contribution is -0.132. The van der Waals surface area contributed by atoms with Gasteiger partial charge in [0.25, 0.3) is 0 Å². The first-order valence-electron chi connectivity index (χ1n) is 2.40. The van der Waals surface area contributed by atoms with E-state index in [2.05, 4.69) is 10.5 Å². The number of carboxylic acid groups (broad SMARTS) is 1. The van der Waals surface area contributed by atoms with Crippen molar-refractivity contribution in [3.8, 4) is 0 Å². The van der Waals surface area contributed by atoms with Gasteiger partial charge in [-0.25, -0.2) is 9.59 Å². The van der Waals surface area contributed by atoms with Crippen LogP contribution in [0.1, 0.15) is 6.92 Å². The van der Waals surface area contributed by atoms with Gasteiger partial charge in [-0.1, -0.05) is 0 Å². The highest BCUT2D eigenvalue weighted by Crippen LogP contribution is 1.91. The smallest absolute Gasteiger partial charge is 0.409 e. The SMILES string of the molecule is CC(=COC(N)=O)C(=O)O. The quantitative estimate of drug-likeness (QED) is 0.425. The maximum absolute atomic E-state index is 10.0. The van der Waals surface area contributed by atoms with E-state index in [1.54, 1.807) is 0 Å². The molecule has 0 aromatic heterocycles. The molecule has 0 saturated carbocycles. The van der Waals surface area contributed by atoms with Crippen LogP contribution in [0.4, 0.5) is 4.79 Å². The minimum atomic E-state index is -1.15. The Morgan fingerprint density at radius 2 is 2.10 bits per heavy atom. The largest absolute Gasteiger partial charge is 0.478 e. The number of carboxylic acids is 1. The minimum absolute atomic E-state index is 0.0844. The van der Waals surface area contributed by atoms with Crippen LogP contribution in [0.25, 0.3) is 0 Å². The Morgan fingerprint density at radius 3 is 2.40 bits per heavy atom. The van der Waals surface area contributed by atoms with E-state index in [0.29, 0.717) is 0 Å². The molecule has 5 heteroatoms. The highest BCUT2D eigenvalue weighted by atomic mass is 16.5. The summed E-state index contributed by atoms with van der Waals surface area (Å²) in [5, 5.41) is 8.19. The van der Waals surface area contributed by atoms with E-state index < -0.39 is 12.1 Å². The Kier molecular flexibility index (Phi) is 2.96. The van der Waals surface area contributed by atoms with Crippen LogP contribution in [0, 0.1) is 0 Å².